The van der Waals surface area contributed by atoms with Crippen molar-refractivity contribution in [1.82, 2.24) is 9.38 Å². The van der Waals surface area contributed by atoms with E-state index in [2.05, 4.69) is 16.4 Å². The van der Waals surface area contributed by atoms with Crippen LogP contribution in [0.5, 0.6) is 5.75 Å². The molecule has 0 saturated heterocycles. The average Bonchev–Trinajstić information content (AvgIpc) is 3.20. The number of nitrogens with zero attached hydrogens (tertiary/aromatic N) is 3. The van der Waals surface area contributed by atoms with Crippen molar-refractivity contribution >= 4 is 28.6 Å². The Morgan fingerprint density at radius 3 is 2.56 bits per heavy atom. The summed E-state index contributed by atoms with van der Waals surface area (Å²) in [6.07, 6.45) is 1.54. The SMILES string of the molecule is Cc1c(C#N)c2nc3ccccc3n2c(=O)/c1=C\Nc1cc(-c2ccccc2)ccc1O. The molecule has 3 aromatic carbocycles. The molecule has 0 amide bonds. The second-order valence-electron chi connectivity index (χ2n) is 7.48. The average molecular weight is 418 g/mol. The van der Waals surface area contributed by atoms with Crippen LogP contribution in [0.3, 0.4) is 0 Å². The first-order valence-corrected chi connectivity index (χ1v) is 10.1. The maximum Gasteiger partial charge on any atom is 0.265 e. The summed E-state index contributed by atoms with van der Waals surface area (Å²) >= 11 is 0. The van der Waals surface area contributed by atoms with E-state index in [9.17, 15) is 15.2 Å². The van der Waals surface area contributed by atoms with E-state index in [1.54, 1.807) is 19.1 Å². The van der Waals surface area contributed by atoms with E-state index in [1.807, 2.05) is 60.7 Å². The van der Waals surface area contributed by atoms with E-state index >= 15 is 0 Å². The van der Waals surface area contributed by atoms with E-state index in [0.717, 1.165) is 11.1 Å². The number of hydrogen-bond acceptors (Lipinski definition) is 5. The molecule has 0 bridgehead atoms. The summed E-state index contributed by atoms with van der Waals surface area (Å²) in [6.45, 7) is 1.73. The minimum Gasteiger partial charge on any atom is -0.506 e. The van der Waals surface area contributed by atoms with Crippen molar-refractivity contribution in [2.24, 2.45) is 0 Å². The summed E-state index contributed by atoms with van der Waals surface area (Å²) in [5.41, 5.74) is 4.63. The Hall–Kier alpha value is -4.63. The minimum atomic E-state index is -0.281. The van der Waals surface area contributed by atoms with Crippen LogP contribution in [-0.2, 0) is 0 Å². The smallest absolute Gasteiger partial charge is 0.265 e. The lowest BCUT2D eigenvalue weighted by Crippen LogP contribution is -2.34. The molecule has 2 heterocycles. The van der Waals surface area contributed by atoms with Gasteiger partial charge in [0.05, 0.1) is 27.5 Å². The molecule has 0 aliphatic carbocycles. The number of benzene rings is 3. The number of hydrogen-bond donors (Lipinski definition) is 2. The number of aromatic hydroxyl groups is 1. The zero-order valence-corrected chi connectivity index (χ0v) is 17.2. The van der Waals surface area contributed by atoms with Gasteiger partial charge in [-0.05, 0) is 47.9 Å². The van der Waals surface area contributed by atoms with Crippen molar-refractivity contribution in [1.29, 1.82) is 5.26 Å². The topological polar surface area (TPSA) is 90.4 Å². The second kappa shape index (κ2) is 7.56. The monoisotopic (exact) mass is 418 g/mol. The van der Waals surface area contributed by atoms with E-state index < -0.39 is 0 Å². The van der Waals surface area contributed by atoms with Crippen molar-refractivity contribution in [2.75, 3.05) is 5.32 Å². The maximum absolute atomic E-state index is 13.4. The Morgan fingerprint density at radius 1 is 1.03 bits per heavy atom. The van der Waals surface area contributed by atoms with Crippen LogP contribution in [0.15, 0.2) is 77.6 Å². The molecule has 5 rings (SSSR count). The number of fused-ring (bicyclic) bond motifs is 3. The van der Waals surface area contributed by atoms with Crippen molar-refractivity contribution in [3.63, 3.8) is 0 Å². The van der Waals surface area contributed by atoms with Gasteiger partial charge in [-0.15, -0.1) is 0 Å². The molecule has 0 fully saturated rings. The summed E-state index contributed by atoms with van der Waals surface area (Å²) in [5.74, 6) is 0.0562. The number of phenols is 1. The van der Waals surface area contributed by atoms with Crippen LogP contribution in [0.4, 0.5) is 5.69 Å². The third kappa shape index (κ3) is 3.04. The summed E-state index contributed by atoms with van der Waals surface area (Å²) in [7, 11) is 0. The third-order valence-electron chi connectivity index (χ3n) is 5.58. The first-order valence-electron chi connectivity index (χ1n) is 10.1. The number of imidazole rings is 1. The Kier molecular flexibility index (Phi) is 4.57. The zero-order chi connectivity index (χ0) is 22.2. The lowest BCUT2D eigenvalue weighted by Gasteiger charge is -2.09. The van der Waals surface area contributed by atoms with Gasteiger partial charge < -0.3 is 10.4 Å². The molecular weight excluding hydrogens is 400 g/mol. The summed E-state index contributed by atoms with van der Waals surface area (Å²) in [4.78, 5) is 17.9. The predicted molar refractivity (Wildman–Crippen MR) is 125 cm³/mol. The van der Waals surface area contributed by atoms with E-state index in [1.165, 1.54) is 10.6 Å². The van der Waals surface area contributed by atoms with Crippen molar-refractivity contribution in [3.8, 4) is 22.9 Å². The molecule has 154 valence electrons. The Bertz CT molecular complexity index is 1650. The Labute approximate surface area is 183 Å². The Morgan fingerprint density at radius 2 is 1.78 bits per heavy atom. The van der Waals surface area contributed by atoms with Gasteiger partial charge in [0.15, 0.2) is 5.65 Å². The highest BCUT2D eigenvalue weighted by Crippen LogP contribution is 2.29. The number of pyridine rings is 1. The lowest BCUT2D eigenvalue weighted by molar-refractivity contribution is 0.478. The molecule has 0 aliphatic rings. The van der Waals surface area contributed by atoms with Crippen molar-refractivity contribution < 1.29 is 5.11 Å². The second-order valence-corrected chi connectivity index (χ2v) is 7.48. The summed E-state index contributed by atoms with van der Waals surface area (Å²) < 4.78 is 1.47. The molecule has 32 heavy (non-hydrogen) atoms. The van der Waals surface area contributed by atoms with Gasteiger partial charge in [0, 0.05) is 6.20 Å². The molecule has 0 aliphatic heterocycles. The van der Waals surface area contributed by atoms with Gasteiger partial charge in [-0.25, -0.2) is 4.98 Å². The molecule has 0 atom stereocenters. The quantitative estimate of drug-likeness (QED) is 0.433. The van der Waals surface area contributed by atoms with Crippen LogP contribution in [0, 0.1) is 18.3 Å². The van der Waals surface area contributed by atoms with Crippen LogP contribution in [0.25, 0.3) is 34.0 Å². The zero-order valence-electron chi connectivity index (χ0n) is 17.2. The number of para-hydroxylation sites is 2. The highest BCUT2D eigenvalue weighted by molar-refractivity contribution is 5.83. The fraction of sp³-hybridized carbons (Fsp3) is 0.0385. The Balaban J connectivity index is 1.69. The van der Waals surface area contributed by atoms with Gasteiger partial charge in [-0.2, -0.15) is 5.26 Å². The molecule has 0 radical (unpaired) electrons. The fourth-order valence-corrected chi connectivity index (χ4v) is 3.90. The first kappa shape index (κ1) is 19.3. The standard InChI is InChI=1S/C26H18N4O2/c1-16-19(14-27)25-29-21-9-5-6-10-23(21)30(25)26(32)20(16)15-28-22-13-18(11-12-24(22)31)17-7-3-2-4-8-17/h2-13,15,28,31H,1H3/b20-15-. The summed E-state index contributed by atoms with van der Waals surface area (Å²) in [5, 5.41) is 23.5. The number of nitriles is 1. The number of nitrogens with one attached hydrogen (secondary N) is 1. The van der Waals surface area contributed by atoms with Crippen molar-refractivity contribution in [3.05, 3.63) is 99.5 Å². The van der Waals surface area contributed by atoms with E-state index in [4.69, 9.17) is 0 Å². The van der Waals surface area contributed by atoms with Gasteiger partial charge in [0.25, 0.3) is 5.56 Å². The molecule has 2 N–H and O–H groups in total. The highest BCUT2D eigenvalue weighted by atomic mass is 16.3. The van der Waals surface area contributed by atoms with Gasteiger partial charge in [-0.3, -0.25) is 9.20 Å². The number of anilines is 1. The molecule has 0 saturated carbocycles. The van der Waals surface area contributed by atoms with Gasteiger partial charge in [0.2, 0.25) is 0 Å². The number of phenolic OH excluding ortho intramolecular Hbond substituents is 1. The van der Waals surface area contributed by atoms with Crippen LogP contribution in [0.2, 0.25) is 0 Å². The van der Waals surface area contributed by atoms with Crippen molar-refractivity contribution in [2.45, 2.75) is 6.92 Å². The van der Waals surface area contributed by atoms with Gasteiger partial charge >= 0.3 is 0 Å². The number of rotatable bonds is 3. The normalized spacial score (nSPS) is 11.7. The summed E-state index contributed by atoms with van der Waals surface area (Å²) in [6, 6.07) is 24.5. The fourth-order valence-electron chi connectivity index (χ4n) is 3.90. The molecule has 6 heteroatoms. The van der Waals surface area contributed by atoms with Gasteiger partial charge in [-0.1, -0.05) is 48.5 Å². The molecular formula is C26H18N4O2. The van der Waals surface area contributed by atoms with Gasteiger partial charge in [0.1, 0.15) is 11.8 Å². The van der Waals surface area contributed by atoms with E-state index in [0.29, 0.717) is 38.7 Å². The van der Waals surface area contributed by atoms with E-state index in [-0.39, 0.29) is 11.3 Å². The van der Waals surface area contributed by atoms with Crippen LogP contribution >= 0.6 is 0 Å². The molecule has 2 aromatic heterocycles. The first-order chi connectivity index (χ1) is 15.6. The predicted octanol–water partition coefficient (Wildman–Crippen LogP) is 3.97. The highest BCUT2D eigenvalue weighted by Gasteiger charge is 2.16. The van der Waals surface area contributed by atoms with Crippen LogP contribution in [0.1, 0.15) is 11.1 Å². The lowest BCUT2D eigenvalue weighted by atomic mass is 10.0. The largest absolute Gasteiger partial charge is 0.506 e. The molecule has 0 unspecified atom stereocenters. The molecule has 5 aromatic rings. The third-order valence-corrected chi connectivity index (χ3v) is 5.58. The number of aromatic nitrogens is 2. The maximum atomic E-state index is 13.4. The minimum absolute atomic E-state index is 0.0562. The molecule has 6 nitrogen and oxygen atoms in total. The molecule has 0 spiro atoms. The van der Waals surface area contributed by atoms with Crippen LogP contribution < -0.4 is 16.1 Å². The van der Waals surface area contributed by atoms with Crippen LogP contribution in [-0.4, -0.2) is 14.5 Å².